The summed E-state index contributed by atoms with van der Waals surface area (Å²) in [5, 5.41) is 3.00. The molecule has 8 heteroatoms. The summed E-state index contributed by atoms with van der Waals surface area (Å²) in [7, 11) is 1.64. The fourth-order valence-electron chi connectivity index (χ4n) is 7.29. The van der Waals surface area contributed by atoms with Crippen molar-refractivity contribution in [3.63, 3.8) is 0 Å². The monoisotopic (exact) mass is 668 g/mol. The molecule has 8 nitrogen and oxygen atoms in total. The lowest BCUT2D eigenvalue weighted by atomic mass is 9.80. The minimum Gasteiger partial charge on any atom is -0.497 e. The molecule has 0 spiro atoms. The Kier molecular flexibility index (Phi) is 10.9. The van der Waals surface area contributed by atoms with Gasteiger partial charge < -0.3 is 20.7 Å². The standard InChI is InChI=1S/C42H44N4O4/c1-3-12-34(39(43)47)36(26-28-13-7-8-14-28)41(48)45-40-42(49)46(27-29-15-11-18-32(25-29)30-21-23-33(50-2)24-22-30)37-20-10-9-19-35(37)38(44-40)31-16-5-4-6-17-31/h3-6,9-11,15-25,28,34,36,40H,1,7-8,12-14,26-27H2,2H3,(H2,43,47)(H,45,48)/t34-,36+,40?/m0/s1. The van der Waals surface area contributed by atoms with Crippen LogP contribution in [0, 0.1) is 17.8 Å². The molecule has 1 saturated carbocycles. The lowest BCUT2D eigenvalue weighted by Gasteiger charge is -2.29. The van der Waals surface area contributed by atoms with E-state index in [1.54, 1.807) is 18.1 Å². The second-order valence-corrected chi connectivity index (χ2v) is 13.2. The van der Waals surface area contributed by atoms with Crippen molar-refractivity contribution < 1.29 is 19.1 Å². The third-order valence-corrected chi connectivity index (χ3v) is 9.90. The number of fused-ring (bicyclic) bond motifs is 1. The number of carbonyl (C=O) groups excluding carboxylic acids is 3. The van der Waals surface area contributed by atoms with E-state index in [-0.39, 0.29) is 18.9 Å². The minimum atomic E-state index is -1.24. The van der Waals surface area contributed by atoms with Gasteiger partial charge in [-0.05, 0) is 59.7 Å². The van der Waals surface area contributed by atoms with Crippen LogP contribution in [-0.2, 0) is 20.9 Å². The molecule has 1 aliphatic carbocycles. The second-order valence-electron chi connectivity index (χ2n) is 13.2. The lowest BCUT2D eigenvalue weighted by molar-refractivity contribution is -0.135. The number of anilines is 1. The number of nitrogens with one attached hydrogen (secondary N) is 1. The van der Waals surface area contributed by atoms with Crippen molar-refractivity contribution in [2.75, 3.05) is 12.0 Å². The van der Waals surface area contributed by atoms with Crippen LogP contribution in [0.3, 0.4) is 0 Å². The van der Waals surface area contributed by atoms with Crippen molar-refractivity contribution in [3.8, 4) is 16.9 Å². The zero-order valence-electron chi connectivity index (χ0n) is 28.5. The van der Waals surface area contributed by atoms with Crippen LogP contribution >= 0.6 is 0 Å². The highest BCUT2D eigenvalue weighted by atomic mass is 16.5. The Morgan fingerprint density at radius 1 is 0.920 bits per heavy atom. The van der Waals surface area contributed by atoms with E-state index in [1.165, 1.54) is 0 Å². The number of para-hydroxylation sites is 1. The van der Waals surface area contributed by atoms with Gasteiger partial charge in [0.25, 0.3) is 5.91 Å². The van der Waals surface area contributed by atoms with Gasteiger partial charge in [-0.3, -0.25) is 14.4 Å². The maximum atomic E-state index is 14.7. The molecule has 2 aliphatic rings. The van der Waals surface area contributed by atoms with Crippen LogP contribution in [0.4, 0.5) is 5.69 Å². The predicted octanol–water partition coefficient (Wildman–Crippen LogP) is 7.06. The van der Waals surface area contributed by atoms with Gasteiger partial charge in [0.1, 0.15) is 5.75 Å². The van der Waals surface area contributed by atoms with Gasteiger partial charge >= 0.3 is 0 Å². The number of rotatable bonds is 13. The maximum Gasteiger partial charge on any atom is 0.272 e. The van der Waals surface area contributed by atoms with Crippen molar-refractivity contribution in [3.05, 3.63) is 132 Å². The number of allylic oxidation sites excluding steroid dienone is 1. The summed E-state index contributed by atoms with van der Waals surface area (Å²) >= 11 is 0. The highest BCUT2D eigenvalue weighted by Gasteiger charge is 2.38. The fraction of sp³-hybridized carbons (Fsp3) is 0.286. The molecular weight excluding hydrogens is 624 g/mol. The van der Waals surface area contributed by atoms with Gasteiger partial charge in [0.2, 0.25) is 18.0 Å². The number of hydrogen-bond acceptors (Lipinski definition) is 5. The van der Waals surface area contributed by atoms with Gasteiger partial charge in [-0.1, -0.05) is 111 Å². The number of nitrogens with two attached hydrogens (primary N) is 1. The average molecular weight is 669 g/mol. The van der Waals surface area contributed by atoms with E-state index in [1.807, 2.05) is 97.1 Å². The molecule has 0 bridgehead atoms. The van der Waals surface area contributed by atoms with Crippen LogP contribution in [0.2, 0.25) is 0 Å². The Labute approximate surface area is 294 Å². The largest absolute Gasteiger partial charge is 0.497 e. The molecule has 3 N–H and O–H groups in total. The molecule has 256 valence electrons. The number of hydrogen-bond donors (Lipinski definition) is 2. The van der Waals surface area contributed by atoms with Crippen molar-refractivity contribution in [2.24, 2.45) is 28.5 Å². The van der Waals surface area contributed by atoms with E-state index in [9.17, 15) is 14.4 Å². The molecule has 1 aliphatic heterocycles. The maximum absolute atomic E-state index is 14.7. The number of benzene rings is 4. The minimum absolute atomic E-state index is 0.246. The van der Waals surface area contributed by atoms with Crippen LogP contribution in [0.25, 0.3) is 11.1 Å². The molecule has 1 heterocycles. The van der Waals surface area contributed by atoms with E-state index >= 15 is 0 Å². The van der Waals surface area contributed by atoms with E-state index in [4.69, 9.17) is 15.5 Å². The van der Waals surface area contributed by atoms with Crippen LogP contribution in [0.5, 0.6) is 5.75 Å². The van der Waals surface area contributed by atoms with Gasteiger partial charge in [-0.2, -0.15) is 0 Å². The Morgan fingerprint density at radius 2 is 1.62 bits per heavy atom. The SMILES string of the molecule is C=CC[C@H](C(N)=O)[C@@H](CC1CCCC1)C(=O)NC1N=C(c2ccccc2)c2ccccc2N(Cc2cccc(-c3ccc(OC)cc3)c2)C1=O. The Bertz CT molecular complexity index is 1860. The van der Waals surface area contributed by atoms with Crippen LogP contribution < -0.4 is 20.7 Å². The smallest absolute Gasteiger partial charge is 0.272 e. The Balaban J connectivity index is 1.39. The average Bonchev–Trinajstić information content (AvgIpc) is 3.64. The zero-order valence-corrected chi connectivity index (χ0v) is 28.5. The van der Waals surface area contributed by atoms with Gasteiger partial charge in [0, 0.05) is 11.1 Å². The van der Waals surface area contributed by atoms with Gasteiger partial charge in [-0.25, -0.2) is 4.99 Å². The van der Waals surface area contributed by atoms with Gasteiger partial charge in [-0.15, -0.1) is 6.58 Å². The first kappa shape index (κ1) is 34.4. The topological polar surface area (TPSA) is 114 Å². The molecule has 3 amide bonds. The molecule has 1 unspecified atom stereocenters. The summed E-state index contributed by atoms with van der Waals surface area (Å²) in [6.07, 6.45) is 5.39. The molecule has 1 fully saturated rings. The van der Waals surface area contributed by atoms with Crippen molar-refractivity contribution >= 4 is 29.1 Å². The number of carbonyl (C=O) groups is 3. The normalized spacial score (nSPS) is 17.2. The third kappa shape index (κ3) is 7.70. The predicted molar refractivity (Wildman–Crippen MR) is 198 cm³/mol. The number of amides is 3. The van der Waals surface area contributed by atoms with E-state index in [0.29, 0.717) is 23.7 Å². The molecular formula is C42H44N4O4. The number of primary amides is 1. The number of benzodiazepines with no additional fused rings is 1. The fourth-order valence-corrected chi connectivity index (χ4v) is 7.29. The Hall–Kier alpha value is -5.50. The molecule has 0 saturated heterocycles. The third-order valence-electron chi connectivity index (χ3n) is 9.90. The summed E-state index contributed by atoms with van der Waals surface area (Å²) in [5.74, 6) is -1.68. The number of aliphatic imine (C=N–C) groups is 1. The van der Waals surface area contributed by atoms with E-state index in [0.717, 1.165) is 59.3 Å². The molecule has 0 radical (unpaired) electrons. The molecule has 3 atom stereocenters. The molecule has 4 aromatic carbocycles. The number of ether oxygens (including phenoxy) is 1. The molecule has 4 aromatic rings. The highest BCUT2D eigenvalue weighted by Crippen LogP contribution is 2.35. The molecule has 0 aromatic heterocycles. The quantitative estimate of drug-likeness (QED) is 0.149. The van der Waals surface area contributed by atoms with Crippen LogP contribution in [-0.4, -0.2) is 36.7 Å². The first-order valence-electron chi connectivity index (χ1n) is 17.3. The molecule has 50 heavy (non-hydrogen) atoms. The second kappa shape index (κ2) is 15.8. The van der Waals surface area contributed by atoms with Crippen LogP contribution in [0.1, 0.15) is 55.2 Å². The Morgan fingerprint density at radius 3 is 2.32 bits per heavy atom. The van der Waals surface area contributed by atoms with Crippen LogP contribution in [0.15, 0.2) is 121 Å². The van der Waals surface area contributed by atoms with Crippen molar-refractivity contribution in [1.29, 1.82) is 0 Å². The van der Waals surface area contributed by atoms with Crippen molar-refractivity contribution in [1.82, 2.24) is 5.32 Å². The zero-order chi connectivity index (χ0) is 35.0. The summed E-state index contributed by atoms with van der Waals surface area (Å²) in [6, 6.07) is 33.3. The lowest BCUT2D eigenvalue weighted by Crippen LogP contribution is -2.50. The first-order chi connectivity index (χ1) is 24.4. The summed E-state index contributed by atoms with van der Waals surface area (Å²) in [6.45, 7) is 4.06. The number of methoxy groups -OCH3 is 1. The summed E-state index contributed by atoms with van der Waals surface area (Å²) in [5.41, 5.74) is 11.7. The van der Waals surface area contributed by atoms with Crippen molar-refractivity contribution in [2.45, 2.75) is 51.2 Å². The van der Waals surface area contributed by atoms with E-state index < -0.39 is 29.8 Å². The molecule has 6 rings (SSSR count). The first-order valence-corrected chi connectivity index (χ1v) is 17.3. The van der Waals surface area contributed by atoms with Gasteiger partial charge in [0.05, 0.1) is 36.9 Å². The van der Waals surface area contributed by atoms with E-state index in [2.05, 4.69) is 18.0 Å². The summed E-state index contributed by atoms with van der Waals surface area (Å²) in [4.78, 5) is 48.4. The van der Waals surface area contributed by atoms with Gasteiger partial charge in [0.15, 0.2) is 0 Å². The number of nitrogens with zero attached hydrogens (tertiary/aromatic N) is 2. The summed E-state index contributed by atoms with van der Waals surface area (Å²) < 4.78 is 5.34. The highest BCUT2D eigenvalue weighted by molar-refractivity contribution is 6.20.